The molecule has 1 aromatic heterocycles. The van der Waals surface area contributed by atoms with Crippen molar-refractivity contribution in [1.82, 2.24) is 14.9 Å². The predicted octanol–water partition coefficient (Wildman–Crippen LogP) is 4.35. The van der Waals surface area contributed by atoms with Gasteiger partial charge in [0.1, 0.15) is 5.75 Å². The number of hydrogen-bond donors (Lipinski definition) is 1. The summed E-state index contributed by atoms with van der Waals surface area (Å²) in [4.78, 5) is 21.2. The molecule has 1 amide bonds. The molecule has 0 saturated carbocycles. The van der Waals surface area contributed by atoms with E-state index in [1.165, 1.54) is 0 Å². The zero-order valence-electron chi connectivity index (χ0n) is 13.1. The van der Waals surface area contributed by atoms with Gasteiger partial charge in [0.2, 0.25) is 0 Å². The summed E-state index contributed by atoms with van der Waals surface area (Å²) in [6.45, 7) is 7.82. The Balaban J connectivity index is 2.32. The number of aromatic nitrogens is 2. The number of rotatable bonds is 4. The molecule has 1 heterocycles. The molecule has 0 aliphatic heterocycles. The van der Waals surface area contributed by atoms with Gasteiger partial charge in [-0.15, -0.1) is 0 Å². The molecule has 0 saturated heterocycles. The van der Waals surface area contributed by atoms with E-state index in [1.54, 1.807) is 35.6 Å². The molecule has 0 bridgehead atoms. The molecule has 0 spiro atoms. The van der Waals surface area contributed by atoms with Crippen LogP contribution in [0.4, 0.5) is 4.79 Å². The van der Waals surface area contributed by atoms with E-state index >= 15 is 0 Å². The van der Waals surface area contributed by atoms with E-state index in [0.717, 1.165) is 0 Å². The molecule has 118 valence electrons. The SMILES string of the molecule is CC(C)N(C(=O)Oc1ccc(Cl)cc1-c1c[nH]cn1)C(C)C. The second kappa shape index (κ2) is 6.83. The number of hydrogen-bond acceptors (Lipinski definition) is 3. The third-order valence-electron chi connectivity index (χ3n) is 3.24. The number of carbonyl (C=O) groups excluding carboxylic acids is 1. The largest absolute Gasteiger partial charge is 0.415 e. The first-order chi connectivity index (χ1) is 10.4. The molecule has 1 aromatic carbocycles. The summed E-state index contributed by atoms with van der Waals surface area (Å²) in [6, 6.07) is 5.20. The lowest BCUT2D eigenvalue weighted by atomic mass is 10.1. The first-order valence-corrected chi connectivity index (χ1v) is 7.56. The highest BCUT2D eigenvalue weighted by molar-refractivity contribution is 6.31. The summed E-state index contributed by atoms with van der Waals surface area (Å²) >= 11 is 6.04. The number of nitrogens with zero attached hydrogens (tertiary/aromatic N) is 2. The highest BCUT2D eigenvalue weighted by atomic mass is 35.5. The molecule has 1 N–H and O–H groups in total. The summed E-state index contributed by atoms with van der Waals surface area (Å²) in [7, 11) is 0. The lowest BCUT2D eigenvalue weighted by Gasteiger charge is -2.29. The second-order valence-corrected chi connectivity index (χ2v) is 5.99. The fourth-order valence-electron chi connectivity index (χ4n) is 2.36. The van der Waals surface area contributed by atoms with E-state index < -0.39 is 0 Å². The van der Waals surface area contributed by atoms with E-state index in [9.17, 15) is 4.79 Å². The van der Waals surface area contributed by atoms with Gasteiger partial charge in [-0.2, -0.15) is 0 Å². The summed E-state index contributed by atoms with van der Waals surface area (Å²) in [5.74, 6) is 0.438. The summed E-state index contributed by atoms with van der Waals surface area (Å²) in [5.41, 5.74) is 1.35. The average Bonchev–Trinajstić information content (AvgIpc) is 2.93. The second-order valence-electron chi connectivity index (χ2n) is 5.56. The van der Waals surface area contributed by atoms with Gasteiger partial charge in [-0.25, -0.2) is 9.78 Å². The Morgan fingerprint density at radius 2 is 1.95 bits per heavy atom. The Kier molecular flexibility index (Phi) is 5.08. The van der Waals surface area contributed by atoms with Gasteiger partial charge in [-0.1, -0.05) is 11.6 Å². The van der Waals surface area contributed by atoms with Crippen LogP contribution in [-0.2, 0) is 0 Å². The molecule has 0 radical (unpaired) electrons. The average molecular weight is 322 g/mol. The van der Waals surface area contributed by atoms with Crippen molar-refractivity contribution >= 4 is 17.7 Å². The van der Waals surface area contributed by atoms with Crippen molar-refractivity contribution in [3.05, 3.63) is 35.7 Å². The molecule has 2 aromatic rings. The number of amides is 1. The Labute approximate surface area is 135 Å². The van der Waals surface area contributed by atoms with Crippen molar-refractivity contribution in [3.8, 4) is 17.0 Å². The van der Waals surface area contributed by atoms with Crippen LogP contribution in [0.25, 0.3) is 11.3 Å². The monoisotopic (exact) mass is 321 g/mol. The topological polar surface area (TPSA) is 58.2 Å². The van der Waals surface area contributed by atoms with E-state index in [0.29, 0.717) is 22.0 Å². The quantitative estimate of drug-likeness (QED) is 0.910. The van der Waals surface area contributed by atoms with E-state index in [1.807, 2.05) is 27.7 Å². The van der Waals surface area contributed by atoms with Crippen molar-refractivity contribution in [3.63, 3.8) is 0 Å². The van der Waals surface area contributed by atoms with Crippen molar-refractivity contribution in [1.29, 1.82) is 0 Å². The molecule has 6 heteroatoms. The lowest BCUT2D eigenvalue weighted by molar-refractivity contribution is 0.123. The van der Waals surface area contributed by atoms with Crippen molar-refractivity contribution < 1.29 is 9.53 Å². The molecule has 22 heavy (non-hydrogen) atoms. The summed E-state index contributed by atoms with van der Waals surface area (Å²) < 4.78 is 5.58. The summed E-state index contributed by atoms with van der Waals surface area (Å²) in [5, 5.41) is 0.558. The maximum atomic E-state index is 12.4. The fourth-order valence-corrected chi connectivity index (χ4v) is 2.54. The summed E-state index contributed by atoms with van der Waals surface area (Å²) in [6.07, 6.45) is 2.91. The number of halogens is 1. The molecule has 0 aliphatic carbocycles. The number of H-pyrrole nitrogens is 1. The zero-order valence-corrected chi connectivity index (χ0v) is 13.9. The minimum atomic E-state index is -0.385. The zero-order chi connectivity index (χ0) is 16.3. The Morgan fingerprint density at radius 3 is 2.50 bits per heavy atom. The van der Waals surface area contributed by atoms with Gasteiger partial charge in [0, 0.05) is 28.9 Å². The highest BCUT2D eigenvalue weighted by Crippen LogP contribution is 2.31. The molecule has 0 atom stereocenters. The normalized spacial score (nSPS) is 11.0. The molecule has 0 unspecified atom stereocenters. The van der Waals surface area contributed by atoms with Crippen LogP contribution >= 0.6 is 11.6 Å². The molecule has 5 nitrogen and oxygen atoms in total. The number of ether oxygens (including phenoxy) is 1. The molecule has 2 rings (SSSR count). The highest BCUT2D eigenvalue weighted by Gasteiger charge is 2.23. The van der Waals surface area contributed by atoms with E-state index in [2.05, 4.69) is 9.97 Å². The van der Waals surface area contributed by atoms with Gasteiger partial charge in [0.05, 0.1) is 12.0 Å². The van der Waals surface area contributed by atoms with Crippen LogP contribution in [0, 0.1) is 0 Å². The van der Waals surface area contributed by atoms with Crippen molar-refractivity contribution in [2.24, 2.45) is 0 Å². The number of benzene rings is 1. The molecular weight excluding hydrogens is 302 g/mol. The Hall–Kier alpha value is -2.01. The van der Waals surface area contributed by atoms with Gasteiger partial charge >= 0.3 is 6.09 Å². The Morgan fingerprint density at radius 1 is 1.27 bits per heavy atom. The predicted molar refractivity (Wildman–Crippen MR) is 87.2 cm³/mol. The van der Waals surface area contributed by atoms with Gasteiger partial charge in [-0.3, -0.25) is 0 Å². The number of aromatic amines is 1. The van der Waals surface area contributed by atoms with Crippen LogP contribution in [0.15, 0.2) is 30.7 Å². The van der Waals surface area contributed by atoms with Crippen LogP contribution in [0.1, 0.15) is 27.7 Å². The third kappa shape index (κ3) is 3.60. The molecular formula is C16H20ClN3O2. The van der Waals surface area contributed by atoms with Crippen LogP contribution in [0.2, 0.25) is 5.02 Å². The van der Waals surface area contributed by atoms with Crippen LogP contribution in [0.5, 0.6) is 5.75 Å². The maximum Gasteiger partial charge on any atom is 0.415 e. The van der Waals surface area contributed by atoms with Gasteiger partial charge in [0.25, 0.3) is 0 Å². The van der Waals surface area contributed by atoms with Gasteiger partial charge < -0.3 is 14.6 Å². The van der Waals surface area contributed by atoms with Gasteiger partial charge in [0.15, 0.2) is 0 Å². The van der Waals surface area contributed by atoms with Crippen LogP contribution in [-0.4, -0.2) is 33.0 Å². The third-order valence-corrected chi connectivity index (χ3v) is 3.47. The van der Waals surface area contributed by atoms with Crippen LogP contribution < -0.4 is 4.74 Å². The minimum Gasteiger partial charge on any atom is -0.409 e. The minimum absolute atomic E-state index is 0.0497. The van der Waals surface area contributed by atoms with Crippen molar-refractivity contribution in [2.45, 2.75) is 39.8 Å². The lowest BCUT2D eigenvalue weighted by Crippen LogP contribution is -2.43. The van der Waals surface area contributed by atoms with Crippen LogP contribution in [0.3, 0.4) is 0 Å². The Bertz CT molecular complexity index is 631. The number of carbonyl (C=O) groups is 1. The van der Waals surface area contributed by atoms with E-state index in [4.69, 9.17) is 16.3 Å². The van der Waals surface area contributed by atoms with Gasteiger partial charge in [-0.05, 0) is 45.9 Å². The standard InChI is InChI=1S/C16H20ClN3O2/c1-10(2)20(11(3)4)16(21)22-15-6-5-12(17)7-13(15)14-8-18-9-19-14/h5-11H,1-4H3,(H,18,19). The smallest absolute Gasteiger partial charge is 0.409 e. The number of imidazole rings is 1. The molecule has 0 fully saturated rings. The molecule has 0 aliphatic rings. The first-order valence-electron chi connectivity index (χ1n) is 7.19. The maximum absolute atomic E-state index is 12.4. The number of nitrogens with one attached hydrogen (secondary N) is 1. The fraction of sp³-hybridized carbons (Fsp3) is 0.375. The van der Waals surface area contributed by atoms with Crippen molar-refractivity contribution in [2.75, 3.05) is 0 Å². The first kappa shape index (κ1) is 16.4. The van der Waals surface area contributed by atoms with E-state index in [-0.39, 0.29) is 18.2 Å².